The van der Waals surface area contributed by atoms with Gasteiger partial charge in [0.1, 0.15) is 0 Å². The average Bonchev–Trinajstić information content (AvgIpc) is 3.59. The Kier molecular flexibility index (Phi) is 6.22. The van der Waals surface area contributed by atoms with Crippen molar-refractivity contribution in [2.75, 3.05) is 0 Å². The van der Waals surface area contributed by atoms with Crippen LogP contribution in [0.5, 0.6) is 5.88 Å². The molecule has 0 atom stereocenters. The quantitative estimate of drug-likeness (QED) is 0.189. The standard InChI is InChI=1S/C41H42N4O3/c1-10-16-44-20(3)27-30-31-32(28-23-14-12-21(40(4,5)6)18-25(23)42-35(27)28)37(46)45(17-11-2)38(47)33(31)29-24-15-13-22(41(7,8)9)19-26(24)43-36(29)34(30)39(44)48/h12-15,18-19,42,48H,3,10-11,16-17H2,1-2,4-9H3. The number of H-pyrrole nitrogens is 1. The largest absolute Gasteiger partial charge is 0.494 e. The van der Waals surface area contributed by atoms with Gasteiger partial charge in [-0.2, -0.15) is 0 Å². The number of aromatic amines is 1. The molecular weight excluding hydrogens is 596 g/mol. The number of nitrogens with one attached hydrogen (secondary N) is 1. The van der Waals surface area contributed by atoms with Crippen molar-refractivity contribution in [3.05, 3.63) is 73.6 Å². The van der Waals surface area contributed by atoms with E-state index < -0.39 is 0 Å². The molecule has 0 fully saturated rings. The first-order valence-corrected chi connectivity index (χ1v) is 17.1. The molecule has 4 aromatic carbocycles. The van der Waals surface area contributed by atoms with Crippen molar-refractivity contribution in [3.63, 3.8) is 0 Å². The molecule has 4 aromatic heterocycles. The molecule has 7 heteroatoms. The predicted molar refractivity (Wildman–Crippen MR) is 201 cm³/mol. The summed E-state index contributed by atoms with van der Waals surface area (Å²) in [6.45, 7) is 22.5. The Bertz CT molecular complexity index is 2810. The molecule has 0 aliphatic heterocycles. The summed E-state index contributed by atoms with van der Waals surface area (Å²) in [4.78, 5) is 38.3. The van der Waals surface area contributed by atoms with Gasteiger partial charge in [-0.1, -0.05) is 86.2 Å². The maximum Gasteiger partial charge on any atom is 0.262 e. The molecule has 2 N–H and O–H groups in total. The van der Waals surface area contributed by atoms with Crippen molar-refractivity contribution in [2.45, 2.75) is 92.2 Å². The zero-order valence-corrected chi connectivity index (χ0v) is 29.1. The van der Waals surface area contributed by atoms with E-state index >= 15 is 0 Å². The number of fused-ring (bicyclic) bond motifs is 10. The lowest BCUT2D eigenvalue weighted by atomic mass is 9.86. The van der Waals surface area contributed by atoms with Gasteiger partial charge in [0.25, 0.3) is 11.1 Å². The van der Waals surface area contributed by atoms with Crippen LogP contribution in [-0.2, 0) is 23.9 Å². The van der Waals surface area contributed by atoms with Crippen LogP contribution in [-0.4, -0.2) is 24.2 Å². The molecule has 0 aliphatic carbocycles. The highest BCUT2D eigenvalue weighted by atomic mass is 16.3. The Morgan fingerprint density at radius 1 is 0.708 bits per heavy atom. The topological polar surface area (TPSA) is 92.9 Å². The van der Waals surface area contributed by atoms with Crippen LogP contribution in [0.3, 0.4) is 0 Å². The van der Waals surface area contributed by atoms with Gasteiger partial charge in [0.2, 0.25) is 5.88 Å². The fourth-order valence-electron chi connectivity index (χ4n) is 7.98. The van der Waals surface area contributed by atoms with Gasteiger partial charge < -0.3 is 14.7 Å². The lowest BCUT2D eigenvalue weighted by Gasteiger charge is -2.20. The van der Waals surface area contributed by atoms with Crippen molar-refractivity contribution in [3.8, 4) is 5.88 Å². The van der Waals surface area contributed by atoms with Gasteiger partial charge in [0.05, 0.1) is 32.7 Å². The molecule has 0 saturated heterocycles. The number of hydrogen-bond donors (Lipinski definition) is 2. The summed E-state index contributed by atoms with van der Waals surface area (Å²) in [7, 11) is 0. The summed E-state index contributed by atoms with van der Waals surface area (Å²) in [6, 6.07) is 12.6. The van der Waals surface area contributed by atoms with E-state index in [-0.39, 0.29) is 27.8 Å². The van der Waals surface area contributed by atoms with E-state index in [1.54, 1.807) is 0 Å². The number of hydrogen-bond acceptors (Lipinski definition) is 4. The van der Waals surface area contributed by atoms with E-state index in [1.807, 2.05) is 11.5 Å². The minimum atomic E-state index is -0.318. The van der Waals surface area contributed by atoms with Crippen LogP contribution >= 0.6 is 0 Å². The summed E-state index contributed by atoms with van der Waals surface area (Å²) in [5.41, 5.74) is 4.53. The highest BCUT2D eigenvalue weighted by molar-refractivity contribution is 6.44. The third-order valence-corrected chi connectivity index (χ3v) is 10.4. The lowest BCUT2D eigenvalue weighted by Crippen LogP contribution is -2.33. The number of rotatable bonds is 4. The number of aromatic hydroxyl groups is 1. The predicted octanol–water partition coefficient (Wildman–Crippen LogP) is 8.49. The minimum absolute atomic E-state index is 0.0528. The normalized spacial score (nSPS) is 13.2. The van der Waals surface area contributed by atoms with Gasteiger partial charge in [0.15, 0.2) is 0 Å². The first-order valence-electron chi connectivity index (χ1n) is 17.1. The molecule has 7 nitrogen and oxygen atoms in total. The molecule has 0 radical (unpaired) electrons. The average molecular weight is 639 g/mol. The monoisotopic (exact) mass is 638 g/mol. The molecule has 0 saturated carbocycles. The Morgan fingerprint density at radius 3 is 1.90 bits per heavy atom. The fourth-order valence-corrected chi connectivity index (χ4v) is 7.98. The zero-order chi connectivity index (χ0) is 34.2. The molecular formula is C41H42N4O3. The Hall–Kier alpha value is -4.91. The van der Waals surface area contributed by atoms with Crippen LogP contribution in [0.25, 0.3) is 82.5 Å². The minimum Gasteiger partial charge on any atom is -0.494 e. The van der Waals surface area contributed by atoms with Crippen LogP contribution in [0.15, 0.2) is 46.0 Å². The Labute approximate surface area is 277 Å². The molecule has 0 unspecified atom stereocenters. The van der Waals surface area contributed by atoms with E-state index in [2.05, 4.69) is 96.4 Å². The van der Waals surface area contributed by atoms with Crippen molar-refractivity contribution < 1.29 is 5.11 Å². The highest BCUT2D eigenvalue weighted by Gasteiger charge is 2.30. The van der Waals surface area contributed by atoms with E-state index in [0.29, 0.717) is 62.7 Å². The van der Waals surface area contributed by atoms with Crippen LogP contribution in [0.2, 0.25) is 0 Å². The second-order valence-corrected chi connectivity index (χ2v) is 15.6. The molecule has 0 aliphatic rings. The van der Waals surface area contributed by atoms with Crippen LogP contribution in [0, 0.1) is 0 Å². The summed E-state index contributed by atoms with van der Waals surface area (Å²) in [5, 5.41) is 19.6. The van der Waals surface area contributed by atoms with Gasteiger partial charge in [-0.15, -0.1) is 0 Å². The summed E-state index contributed by atoms with van der Waals surface area (Å²) in [6.07, 6.45) is 1.41. The maximum atomic E-state index is 14.7. The molecule has 8 rings (SSSR count). The first kappa shape index (κ1) is 30.4. The van der Waals surface area contributed by atoms with Gasteiger partial charge >= 0.3 is 0 Å². The SMILES string of the molecule is C=c1c2c3[nH]c4cc(C(C)(C)C)ccc4c3c3c(=O)n(CCC)c(=O)c4c5c6ccc(C(C)(C)C)cc6nc5c(c(O)n1CCC)c2c43. The van der Waals surface area contributed by atoms with Crippen LogP contribution in [0.1, 0.15) is 79.4 Å². The van der Waals surface area contributed by atoms with Gasteiger partial charge in [-0.3, -0.25) is 14.2 Å². The Balaban J connectivity index is 1.77. The van der Waals surface area contributed by atoms with Gasteiger partial charge in [-0.25, -0.2) is 4.98 Å². The third-order valence-electron chi connectivity index (χ3n) is 10.4. The number of benzene rings is 4. The molecule has 48 heavy (non-hydrogen) atoms. The van der Waals surface area contributed by atoms with Crippen LogP contribution < -0.4 is 16.5 Å². The van der Waals surface area contributed by atoms with Crippen molar-refractivity contribution in [2.24, 2.45) is 0 Å². The van der Waals surface area contributed by atoms with Crippen molar-refractivity contribution >= 4 is 82.5 Å². The van der Waals surface area contributed by atoms with E-state index in [4.69, 9.17) is 4.98 Å². The molecule has 8 aromatic rings. The third kappa shape index (κ3) is 3.84. The summed E-state index contributed by atoms with van der Waals surface area (Å²) < 4.78 is 3.27. The first-order chi connectivity index (χ1) is 22.7. The van der Waals surface area contributed by atoms with Crippen LogP contribution in [0.4, 0.5) is 0 Å². The molecule has 0 spiro atoms. The van der Waals surface area contributed by atoms with E-state index in [9.17, 15) is 14.7 Å². The van der Waals surface area contributed by atoms with Gasteiger partial charge in [-0.05, 0) is 46.9 Å². The molecule has 0 bridgehead atoms. The molecule has 4 heterocycles. The summed E-state index contributed by atoms with van der Waals surface area (Å²) >= 11 is 0. The zero-order valence-electron chi connectivity index (χ0n) is 29.1. The number of pyridine rings is 2. The second-order valence-electron chi connectivity index (χ2n) is 15.6. The van der Waals surface area contributed by atoms with Crippen molar-refractivity contribution in [1.82, 2.24) is 19.1 Å². The number of aromatic nitrogens is 4. The second kappa shape index (κ2) is 9.82. The van der Waals surface area contributed by atoms with Gasteiger partial charge in [0, 0.05) is 61.7 Å². The Morgan fingerprint density at radius 2 is 1.27 bits per heavy atom. The summed E-state index contributed by atoms with van der Waals surface area (Å²) in [5.74, 6) is 0.0528. The van der Waals surface area contributed by atoms with E-state index in [1.165, 1.54) is 10.1 Å². The van der Waals surface area contributed by atoms with E-state index in [0.717, 1.165) is 50.1 Å². The highest BCUT2D eigenvalue weighted by Crippen LogP contribution is 2.48. The lowest BCUT2D eigenvalue weighted by molar-refractivity contribution is 0.414. The number of nitrogens with zero attached hydrogens (tertiary/aromatic N) is 3. The smallest absolute Gasteiger partial charge is 0.262 e. The van der Waals surface area contributed by atoms with Crippen molar-refractivity contribution in [1.29, 1.82) is 0 Å². The molecule has 0 amide bonds. The molecule has 244 valence electrons. The fraction of sp³-hybridized carbons (Fsp3) is 0.341. The maximum absolute atomic E-state index is 14.7.